The van der Waals surface area contributed by atoms with Crippen LogP contribution in [-0.2, 0) is 4.79 Å². The van der Waals surface area contributed by atoms with E-state index in [0.29, 0.717) is 21.6 Å². The zero-order valence-corrected chi connectivity index (χ0v) is 16.8. The zero-order chi connectivity index (χ0) is 20.8. The highest BCUT2D eigenvalue weighted by atomic mass is 32.2. The molecule has 0 radical (unpaired) electrons. The fraction of sp³-hybridized carbons (Fsp3) is 0.167. The molecule has 150 valence electrons. The molecular weight excluding hydrogens is 416 g/mol. The second-order valence-electron chi connectivity index (χ2n) is 5.61. The third-order valence-corrected chi connectivity index (χ3v) is 5.69. The van der Waals surface area contributed by atoms with E-state index in [1.54, 1.807) is 0 Å². The van der Waals surface area contributed by atoms with Gasteiger partial charge in [-0.3, -0.25) is 19.7 Å². The first-order chi connectivity index (χ1) is 14.0. The van der Waals surface area contributed by atoms with Crippen LogP contribution in [0.15, 0.2) is 51.2 Å². The van der Waals surface area contributed by atoms with Crippen LogP contribution in [0, 0.1) is 10.1 Å². The Balaban J connectivity index is 1.84. The van der Waals surface area contributed by atoms with Crippen LogP contribution < -0.4 is 10.6 Å². The van der Waals surface area contributed by atoms with Crippen molar-refractivity contribution in [1.82, 2.24) is 10.3 Å². The molecule has 9 nitrogen and oxygen atoms in total. The van der Waals surface area contributed by atoms with Crippen LogP contribution in [0.1, 0.15) is 17.5 Å². The van der Waals surface area contributed by atoms with Crippen molar-refractivity contribution in [2.75, 3.05) is 17.6 Å². The van der Waals surface area contributed by atoms with E-state index in [2.05, 4.69) is 15.6 Å². The third kappa shape index (κ3) is 5.21. The highest BCUT2D eigenvalue weighted by Gasteiger charge is 2.21. The summed E-state index contributed by atoms with van der Waals surface area (Å²) in [5.41, 5.74) is 1.33. The summed E-state index contributed by atoms with van der Waals surface area (Å²) in [6.07, 6.45) is 0. The average molecular weight is 432 g/mol. The Bertz CT molecular complexity index is 1030. The van der Waals surface area contributed by atoms with Crippen LogP contribution in [0.3, 0.4) is 0 Å². The number of hydrogen-bond donors (Lipinski definition) is 2. The number of furan rings is 1. The van der Waals surface area contributed by atoms with Gasteiger partial charge in [0.2, 0.25) is 5.91 Å². The first-order valence-electron chi connectivity index (χ1n) is 8.49. The van der Waals surface area contributed by atoms with E-state index in [9.17, 15) is 19.7 Å². The van der Waals surface area contributed by atoms with E-state index >= 15 is 0 Å². The molecule has 2 aromatic heterocycles. The minimum Gasteiger partial charge on any atom is -0.395 e. The molecule has 0 aliphatic heterocycles. The minimum absolute atomic E-state index is 0.109. The predicted octanol–water partition coefficient (Wildman–Crippen LogP) is 3.79. The van der Waals surface area contributed by atoms with Gasteiger partial charge in [-0.15, -0.1) is 0 Å². The van der Waals surface area contributed by atoms with Crippen molar-refractivity contribution < 1.29 is 18.9 Å². The summed E-state index contributed by atoms with van der Waals surface area (Å²) in [6, 6.07) is 11.6. The Labute approximate surface area is 173 Å². The van der Waals surface area contributed by atoms with Crippen molar-refractivity contribution in [1.29, 1.82) is 0 Å². The summed E-state index contributed by atoms with van der Waals surface area (Å²) >= 11 is 2.48. The first kappa shape index (κ1) is 20.6. The van der Waals surface area contributed by atoms with Crippen molar-refractivity contribution in [2.24, 2.45) is 0 Å². The fourth-order valence-corrected chi connectivity index (χ4v) is 4.22. The zero-order valence-electron chi connectivity index (χ0n) is 15.2. The average Bonchev–Trinajstić information content (AvgIpc) is 3.35. The molecule has 0 aliphatic carbocycles. The minimum atomic E-state index is -0.713. The molecule has 29 heavy (non-hydrogen) atoms. The maximum absolute atomic E-state index is 12.5. The van der Waals surface area contributed by atoms with E-state index in [-0.39, 0.29) is 17.4 Å². The predicted molar refractivity (Wildman–Crippen MR) is 110 cm³/mol. The number of rotatable bonds is 8. The van der Waals surface area contributed by atoms with Gasteiger partial charge in [0.05, 0.1) is 11.8 Å². The van der Waals surface area contributed by atoms with Crippen LogP contribution in [0.2, 0.25) is 0 Å². The number of amides is 2. The number of aromatic nitrogens is 1. The largest absolute Gasteiger partial charge is 0.433 e. The van der Waals surface area contributed by atoms with Gasteiger partial charge in [-0.05, 0) is 13.0 Å². The van der Waals surface area contributed by atoms with Crippen LogP contribution in [-0.4, -0.2) is 34.0 Å². The van der Waals surface area contributed by atoms with Crippen LogP contribution in [0.4, 0.5) is 10.9 Å². The number of thioether (sulfide) groups is 1. The van der Waals surface area contributed by atoms with E-state index < -0.39 is 16.7 Å². The quantitative estimate of drug-likeness (QED) is 0.315. The number of carbonyl (C=O) groups is 2. The molecule has 0 bridgehead atoms. The normalized spacial score (nSPS) is 10.5. The van der Waals surface area contributed by atoms with Gasteiger partial charge in [-0.1, -0.05) is 53.4 Å². The van der Waals surface area contributed by atoms with Crippen molar-refractivity contribution in [3.8, 4) is 11.3 Å². The Morgan fingerprint density at radius 3 is 2.66 bits per heavy atom. The second kappa shape index (κ2) is 9.34. The standard InChI is InChI=1S/C18H16N4O5S2/c1-2-19-13(23)10-28-18-20-15(11-6-4-3-5-7-11)17(29-18)21-16(24)12-8-9-14(27-12)22(25)26/h3-9H,2,10H2,1H3,(H,19,23)(H,21,24). The van der Waals surface area contributed by atoms with Crippen LogP contribution in [0.5, 0.6) is 0 Å². The van der Waals surface area contributed by atoms with E-state index in [4.69, 9.17) is 4.42 Å². The molecule has 0 unspecified atom stereocenters. The summed E-state index contributed by atoms with van der Waals surface area (Å²) in [4.78, 5) is 38.8. The summed E-state index contributed by atoms with van der Waals surface area (Å²) in [5, 5.41) is 16.6. The first-order valence-corrected chi connectivity index (χ1v) is 10.3. The van der Waals surface area contributed by atoms with Crippen molar-refractivity contribution >= 4 is 45.8 Å². The molecule has 2 heterocycles. The van der Waals surface area contributed by atoms with E-state index in [1.165, 1.54) is 29.2 Å². The summed E-state index contributed by atoms with van der Waals surface area (Å²) in [5.74, 6) is -1.23. The fourth-order valence-electron chi connectivity index (χ4n) is 2.33. The van der Waals surface area contributed by atoms with Crippen LogP contribution in [0.25, 0.3) is 11.3 Å². The number of thiazole rings is 1. The molecular formula is C18H16N4O5S2. The number of anilines is 1. The molecule has 2 amide bonds. The lowest BCUT2D eigenvalue weighted by molar-refractivity contribution is -0.402. The van der Waals surface area contributed by atoms with Gasteiger partial charge in [0.25, 0.3) is 5.91 Å². The maximum Gasteiger partial charge on any atom is 0.433 e. The van der Waals surface area contributed by atoms with Crippen molar-refractivity contribution in [3.05, 3.63) is 58.3 Å². The van der Waals surface area contributed by atoms with Gasteiger partial charge >= 0.3 is 5.88 Å². The number of carbonyl (C=O) groups excluding carboxylic acids is 2. The molecule has 0 fully saturated rings. The molecule has 0 aliphatic rings. The van der Waals surface area contributed by atoms with Gasteiger partial charge in [-0.2, -0.15) is 0 Å². The third-order valence-electron chi connectivity index (χ3n) is 3.58. The molecule has 0 spiro atoms. The Morgan fingerprint density at radius 1 is 1.24 bits per heavy atom. The lowest BCUT2D eigenvalue weighted by atomic mass is 10.2. The summed E-state index contributed by atoms with van der Waals surface area (Å²) in [6.45, 7) is 2.38. The molecule has 3 rings (SSSR count). The number of benzene rings is 1. The van der Waals surface area contributed by atoms with E-state index in [1.807, 2.05) is 37.3 Å². The highest BCUT2D eigenvalue weighted by Crippen LogP contribution is 2.37. The van der Waals surface area contributed by atoms with Crippen molar-refractivity contribution in [2.45, 2.75) is 11.3 Å². The van der Waals surface area contributed by atoms with Crippen molar-refractivity contribution in [3.63, 3.8) is 0 Å². The maximum atomic E-state index is 12.5. The smallest absolute Gasteiger partial charge is 0.395 e. The molecule has 3 aromatic rings. The topological polar surface area (TPSA) is 127 Å². The lowest BCUT2D eigenvalue weighted by Gasteiger charge is -2.03. The Hall–Kier alpha value is -3.18. The Morgan fingerprint density at radius 2 is 2.00 bits per heavy atom. The number of nitrogens with zero attached hydrogens (tertiary/aromatic N) is 2. The van der Waals surface area contributed by atoms with Gasteiger partial charge in [0.15, 0.2) is 10.1 Å². The van der Waals surface area contributed by atoms with Gasteiger partial charge in [0, 0.05) is 12.1 Å². The molecule has 0 saturated carbocycles. The second-order valence-corrected chi connectivity index (χ2v) is 7.84. The van der Waals surface area contributed by atoms with Gasteiger partial charge in [-0.25, -0.2) is 4.98 Å². The lowest BCUT2D eigenvalue weighted by Crippen LogP contribution is -2.24. The summed E-state index contributed by atoms with van der Waals surface area (Å²) < 4.78 is 5.56. The molecule has 0 saturated heterocycles. The summed E-state index contributed by atoms with van der Waals surface area (Å²) in [7, 11) is 0. The monoisotopic (exact) mass is 432 g/mol. The Kier molecular flexibility index (Phi) is 6.62. The SMILES string of the molecule is CCNC(=O)CSc1nc(-c2ccccc2)c(NC(=O)c2ccc([N+](=O)[O-])o2)s1. The van der Waals surface area contributed by atoms with Gasteiger partial charge < -0.3 is 15.1 Å². The van der Waals surface area contributed by atoms with Gasteiger partial charge in [0.1, 0.15) is 15.6 Å². The molecule has 2 N–H and O–H groups in total. The molecule has 0 atom stereocenters. The molecule has 1 aromatic carbocycles. The molecule has 11 heteroatoms. The number of nitro groups is 1. The highest BCUT2D eigenvalue weighted by molar-refractivity contribution is 8.01. The van der Waals surface area contributed by atoms with Crippen LogP contribution >= 0.6 is 23.1 Å². The number of hydrogen-bond acceptors (Lipinski definition) is 8. The van der Waals surface area contributed by atoms with E-state index in [0.717, 1.165) is 11.6 Å². The number of nitrogens with one attached hydrogen (secondary N) is 2.